The van der Waals surface area contributed by atoms with E-state index in [2.05, 4.69) is 18.0 Å². The van der Waals surface area contributed by atoms with Gasteiger partial charge in [0.25, 0.3) is 5.56 Å². The maximum absolute atomic E-state index is 11.7. The summed E-state index contributed by atoms with van der Waals surface area (Å²) in [7, 11) is 2.18. The van der Waals surface area contributed by atoms with Crippen molar-refractivity contribution in [2.24, 2.45) is 5.92 Å². The lowest BCUT2D eigenvalue weighted by Crippen LogP contribution is -2.45. The van der Waals surface area contributed by atoms with Gasteiger partial charge in [0.1, 0.15) is 0 Å². The lowest BCUT2D eigenvalue weighted by Gasteiger charge is -2.41. The summed E-state index contributed by atoms with van der Waals surface area (Å²) < 4.78 is 1.98. The van der Waals surface area contributed by atoms with Gasteiger partial charge in [-0.05, 0) is 25.5 Å². The third-order valence-corrected chi connectivity index (χ3v) is 3.66. The van der Waals surface area contributed by atoms with Crippen molar-refractivity contribution in [1.29, 1.82) is 0 Å². The normalized spacial score (nSPS) is 29.9. The van der Waals surface area contributed by atoms with E-state index < -0.39 is 0 Å². The molecular formula is C12H16N2O. The summed E-state index contributed by atoms with van der Waals surface area (Å²) in [6.07, 6.45) is 1.26. The molecule has 1 aromatic rings. The summed E-state index contributed by atoms with van der Waals surface area (Å²) in [4.78, 5) is 14.1. The van der Waals surface area contributed by atoms with E-state index in [9.17, 15) is 4.79 Å². The summed E-state index contributed by atoms with van der Waals surface area (Å²) in [5, 5.41) is 0. The van der Waals surface area contributed by atoms with Crippen molar-refractivity contribution < 1.29 is 0 Å². The van der Waals surface area contributed by atoms with Crippen LogP contribution in [0.1, 0.15) is 18.0 Å². The lowest BCUT2D eigenvalue weighted by atomic mass is 9.83. The molecule has 3 heteroatoms. The monoisotopic (exact) mass is 204 g/mol. The van der Waals surface area contributed by atoms with E-state index in [0.717, 1.165) is 19.6 Å². The van der Waals surface area contributed by atoms with E-state index in [1.54, 1.807) is 6.07 Å². The highest BCUT2D eigenvalue weighted by Crippen LogP contribution is 2.33. The van der Waals surface area contributed by atoms with Gasteiger partial charge in [0, 0.05) is 37.3 Å². The van der Waals surface area contributed by atoms with Gasteiger partial charge in [-0.3, -0.25) is 4.79 Å². The third-order valence-electron chi connectivity index (χ3n) is 3.66. The summed E-state index contributed by atoms with van der Waals surface area (Å²) in [5.74, 6) is 1.23. The van der Waals surface area contributed by atoms with Gasteiger partial charge in [-0.25, -0.2) is 0 Å². The highest BCUT2D eigenvalue weighted by atomic mass is 16.1. The molecule has 15 heavy (non-hydrogen) atoms. The highest BCUT2D eigenvalue weighted by Gasteiger charge is 2.32. The predicted octanol–water partition coefficient (Wildman–Crippen LogP) is 0.897. The Bertz CT molecular complexity index is 437. The molecule has 1 unspecified atom stereocenters. The molecule has 0 saturated carbocycles. The Morgan fingerprint density at radius 2 is 2.13 bits per heavy atom. The molecule has 0 spiro atoms. The molecule has 2 aliphatic heterocycles. The fourth-order valence-corrected chi connectivity index (χ4v) is 3.14. The van der Waals surface area contributed by atoms with Crippen molar-refractivity contribution in [3.63, 3.8) is 0 Å². The van der Waals surface area contributed by atoms with E-state index in [0.29, 0.717) is 11.8 Å². The van der Waals surface area contributed by atoms with Gasteiger partial charge in [-0.2, -0.15) is 0 Å². The number of aromatic nitrogens is 1. The quantitative estimate of drug-likeness (QED) is 0.627. The largest absolute Gasteiger partial charge is 0.312 e. The zero-order valence-corrected chi connectivity index (χ0v) is 9.02. The van der Waals surface area contributed by atoms with E-state index in [4.69, 9.17) is 0 Å². The molecule has 80 valence electrons. The average molecular weight is 204 g/mol. The van der Waals surface area contributed by atoms with Crippen LogP contribution < -0.4 is 5.56 Å². The first kappa shape index (κ1) is 9.16. The number of pyridine rings is 1. The molecule has 0 aliphatic carbocycles. The zero-order chi connectivity index (χ0) is 10.4. The smallest absolute Gasteiger partial charge is 0.250 e. The second-order valence-electron chi connectivity index (χ2n) is 4.92. The van der Waals surface area contributed by atoms with Crippen LogP contribution in [-0.4, -0.2) is 29.6 Å². The van der Waals surface area contributed by atoms with Gasteiger partial charge < -0.3 is 9.47 Å². The summed E-state index contributed by atoms with van der Waals surface area (Å²) in [5.41, 5.74) is 1.41. The Kier molecular flexibility index (Phi) is 1.96. The molecule has 1 fully saturated rings. The number of rotatable bonds is 0. The van der Waals surface area contributed by atoms with Gasteiger partial charge in [-0.1, -0.05) is 6.07 Å². The molecule has 1 aromatic heterocycles. The van der Waals surface area contributed by atoms with Gasteiger partial charge >= 0.3 is 0 Å². The molecule has 3 nitrogen and oxygen atoms in total. The van der Waals surface area contributed by atoms with E-state index in [-0.39, 0.29) is 5.56 Å². The van der Waals surface area contributed by atoms with Crippen LogP contribution in [0.25, 0.3) is 0 Å². The van der Waals surface area contributed by atoms with Crippen LogP contribution in [0.5, 0.6) is 0 Å². The molecule has 3 rings (SSSR count). The number of likely N-dealkylation sites (tertiary alicyclic amines) is 1. The van der Waals surface area contributed by atoms with Crippen LogP contribution in [0.4, 0.5) is 0 Å². The van der Waals surface area contributed by atoms with E-state index in [1.165, 1.54) is 12.1 Å². The van der Waals surface area contributed by atoms with E-state index >= 15 is 0 Å². The van der Waals surface area contributed by atoms with Crippen LogP contribution in [0.2, 0.25) is 0 Å². The van der Waals surface area contributed by atoms with Crippen LogP contribution >= 0.6 is 0 Å². The molecule has 2 atom stereocenters. The van der Waals surface area contributed by atoms with Gasteiger partial charge in [0.2, 0.25) is 0 Å². The summed E-state index contributed by atoms with van der Waals surface area (Å²) in [6, 6.07) is 5.68. The Morgan fingerprint density at radius 1 is 1.27 bits per heavy atom. The van der Waals surface area contributed by atoms with Crippen molar-refractivity contribution in [2.75, 3.05) is 20.1 Å². The fraction of sp³-hybridized carbons (Fsp3) is 0.583. The molecule has 0 radical (unpaired) electrons. The SMILES string of the molecule is CN1CC2C[C@@H](C1)Cn1c2cccc1=O. The van der Waals surface area contributed by atoms with E-state index in [1.807, 2.05) is 10.6 Å². The molecular weight excluding hydrogens is 188 g/mol. The maximum Gasteiger partial charge on any atom is 0.250 e. The Morgan fingerprint density at radius 3 is 3.00 bits per heavy atom. The molecule has 0 amide bonds. The predicted molar refractivity (Wildman–Crippen MR) is 59.0 cm³/mol. The molecule has 1 saturated heterocycles. The number of nitrogens with zero attached hydrogens (tertiary/aromatic N) is 2. The van der Waals surface area contributed by atoms with Gasteiger partial charge in [-0.15, -0.1) is 0 Å². The minimum absolute atomic E-state index is 0.173. The number of fused-ring (bicyclic) bond motifs is 4. The van der Waals surface area contributed by atoms with Crippen molar-refractivity contribution in [2.45, 2.75) is 18.9 Å². The van der Waals surface area contributed by atoms with Crippen molar-refractivity contribution in [1.82, 2.24) is 9.47 Å². The van der Waals surface area contributed by atoms with Crippen molar-refractivity contribution >= 4 is 0 Å². The maximum atomic E-state index is 11.7. The Balaban J connectivity index is 2.10. The minimum atomic E-state index is 0.173. The van der Waals surface area contributed by atoms with Crippen molar-refractivity contribution in [3.8, 4) is 0 Å². The van der Waals surface area contributed by atoms with Crippen LogP contribution in [0, 0.1) is 5.92 Å². The van der Waals surface area contributed by atoms with Crippen molar-refractivity contribution in [3.05, 3.63) is 34.2 Å². The molecule has 0 N–H and O–H groups in total. The summed E-state index contributed by atoms with van der Waals surface area (Å²) >= 11 is 0. The summed E-state index contributed by atoms with van der Waals surface area (Å²) in [6.45, 7) is 3.15. The van der Waals surface area contributed by atoms with Gasteiger partial charge in [0.05, 0.1) is 0 Å². The first-order valence-corrected chi connectivity index (χ1v) is 5.62. The minimum Gasteiger partial charge on any atom is -0.312 e. The van der Waals surface area contributed by atoms with Crippen LogP contribution in [0.3, 0.4) is 0 Å². The second-order valence-corrected chi connectivity index (χ2v) is 4.92. The topological polar surface area (TPSA) is 25.2 Å². The lowest BCUT2D eigenvalue weighted by molar-refractivity contribution is 0.145. The molecule has 3 heterocycles. The Labute approximate surface area is 89.3 Å². The van der Waals surface area contributed by atoms with Crippen LogP contribution in [-0.2, 0) is 6.54 Å². The number of hydrogen-bond acceptors (Lipinski definition) is 2. The number of piperidine rings is 1. The molecule has 0 aromatic carbocycles. The third kappa shape index (κ3) is 1.42. The second kappa shape index (κ2) is 3.20. The standard InChI is InChI=1S/C12H16N2O/c1-13-6-9-5-10(8-13)11-3-2-4-12(15)14(11)7-9/h2-4,9-10H,5-8H2,1H3/t9-,10?/m0/s1. The number of likely N-dealkylation sites (N-methyl/N-ethyl adjacent to an activating group) is 1. The Hall–Kier alpha value is -1.09. The number of hydrogen-bond donors (Lipinski definition) is 0. The first-order valence-electron chi connectivity index (χ1n) is 5.62. The molecule has 2 aliphatic rings. The molecule has 2 bridgehead atoms. The van der Waals surface area contributed by atoms with Gasteiger partial charge in [0.15, 0.2) is 0 Å². The fourth-order valence-electron chi connectivity index (χ4n) is 3.14. The zero-order valence-electron chi connectivity index (χ0n) is 9.02. The average Bonchev–Trinajstić information content (AvgIpc) is 2.19. The first-order chi connectivity index (χ1) is 7.24. The highest BCUT2D eigenvalue weighted by molar-refractivity contribution is 5.16. The van der Waals surface area contributed by atoms with Crippen LogP contribution in [0.15, 0.2) is 23.0 Å².